The topological polar surface area (TPSA) is 63.5 Å². The van der Waals surface area contributed by atoms with E-state index in [2.05, 4.69) is 15.9 Å². The lowest BCUT2D eigenvalue weighted by atomic mass is 9.91. The van der Waals surface area contributed by atoms with E-state index in [1.54, 1.807) is 19.1 Å². The first-order valence-electron chi connectivity index (χ1n) is 9.07. The lowest BCUT2D eigenvalue weighted by Crippen LogP contribution is -2.35. The summed E-state index contributed by atoms with van der Waals surface area (Å²) in [4.78, 5) is 25.9. The van der Waals surface area contributed by atoms with Gasteiger partial charge < -0.3 is 4.90 Å². The van der Waals surface area contributed by atoms with Gasteiger partial charge in [-0.2, -0.15) is 0 Å². The van der Waals surface area contributed by atoms with Gasteiger partial charge in [-0.1, -0.05) is 58.4 Å². The molecule has 0 fully saturated rings. The van der Waals surface area contributed by atoms with Gasteiger partial charge in [0.2, 0.25) is 5.54 Å². The summed E-state index contributed by atoms with van der Waals surface area (Å²) in [6.45, 7) is 2.02. The highest BCUT2D eigenvalue weighted by atomic mass is 79.9. The molecule has 0 saturated heterocycles. The Bertz CT molecular complexity index is 1010. The van der Waals surface area contributed by atoms with E-state index in [1.807, 2.05) is 59.5 Å². The number of halogens is 1. The van der Waals surface area contributed by atoms with Crippen LogP contribution in [0.2, 0.25) is 0 Å². The molecule has 4 rings (SSSR count). The number of nitro groups is 1. The molecule has 2 aromatic carbocycles. The Hall–Kier alpha value is -2.73. The summed E-state index contributed by atoms with van der Waals surface area (Å²) < 4.78 is 0.984. The SMILES string of the molecule is CC1([N+](=O)[O-])C=CC(CN2C(=O)c3ccccc3C2c2ccc(Br)cc2)=CC1. The van der Waals surface area contributed by atoms with E-state index in [0.717, 1.165) is 21.2 Å². The third-order valence-electron chi connectivity index (χ3n) is 5.45. The second-order valence-corrected chi connectivity index (χ2v) is 8.32. The molecule has 2 unspecified atom stereocenters. The molecular weight excluding hydrogens is 420 g/mol. The van der Waals surface area contributed by atoms with Crippen LogP contribution < -0.4 is 0 Å². The molecule has 1 amide bonds. The average Bonchev–Trinajstić information content (AvgIpc) is 2.97. The van der Waals surface area contributed by atoms with Crippen molar-refractivity contribution in [3.63, 3.8) is 0 Å². The monoisotopic (exact) mass is 438 g/mol. The minimum Gasteiger partial charge on any atom is -0.323 e. The van der Waals surface area contributed by atoms with Crippen LogP contribution in [0.15, 0.2) is 76.8 Å². The minimum atomic E-state index is -1.08. The predicted octanol–water partition coefficient (Wildman–Crippen LogP) is 4.92. The zero-order valence-electron chi connectivity index (χ0n) is 15.3. The van der Waals surface area contributed by atoms with E-state index in [0.29, 0.717) is 18.5 Å². The van der Waals surface area contributed by atoms with Crippen LogP contribution in [0.3, 0.4) is 0 Å². The van der Waals surface area contributed by atoms with Crippen molar-refractivity contribution in [1.82, 2.24) is 4.90 Å². The Morgan fingerprint density at radius 2 is 1.93 bits per heavy atom. The standard InChI is InChI=1S/C22H19BrN2O3/c1-22(25(27)28)12-10-15(11-13-22)14-24-20(16-6-8-17(23)9-7-16)18-4-2-3-5-19(18)21(24)26/h2-12,20H,13-14H2,1H3. The predicted molar refractivity (Wildman–Crippen MR) is 111 cm³/mol. The number of rotatable bonds is 4. The van der Waals surface area contributed by atoms with Crippen molar-refractivity contribution in [1.29, 1.82) is 0 Å². The molecule has 1 aliphatic carbocycles. The van der Waals surface area contributed by atoms with Crippen molar-refractivity contribution in [2.24, 2.45) is 0 Å². The molecule has 1 aliphatic heterocycles. The Morgan fingerprint density at radius 1 is 1.21 bits per heavy atom. The van der Waals surface area contributed by atoms with E-state index in [4.69, 9.17) is 0 Å². The molecule has 0 spiro atoms. The summed E-state index contributed by atoms with van der Waals surface area (Å²) in [5.74, 6) is -0.0135. The molecular formula is C22H19BrN2O3. The van der Waals surface area contributed by atoms with Crippen molar-refractivity contribution in [3.05, 3.63) is 104 Å². The first-order chi connectivity index (χ1) is 13.4. The Labute approximate surface area is 171 Å². The van der Waals surface area contributed by atoms with Gasteiger partial charge in [0.05, 0.1) is 6.04 Å². The van der Waals surface area contributed by atoms with Gasteiger partial charge in [-0.25, -0.2) is 0 Å². The minimum absolute atomic E-state index is 0.0135. The first-order valence-corrected chi connectivity index (χ1v) is 9.86. The second kappa shape index (κ2) is 7.02. The highest BCUT2D eigenvalue weighted by molar-refractivity contribution is 9.10. The third kappa shape index (κ3) is 3.18. The number of hydrogen-bond donors (Lipinski definition) is 0. The largest absolute Gasteiger partial charge is 0.323 e. The van der Waals surface area contributed by atoms with Gasteiger partial charge >= 0.3 is 0 Å². The maximum Gasteiger partial charge on any atom is 0.255 e. The summed E-state index contributed by atoms with van der Waals surface area (Å²) in [6.07, 6.45) is 5.60. The normalized spacial score (nSPS) is 23.5. The third-order valence-corrected chi connectivity index (χ3v) is 5.98. The summed E-state index contributed by atoms with van der Waals surface area (Å²) in [5.41, 5.74) is 2.59. The van der Waals surface area contributed by atoms with Crippen LogP contribution in [0, 0.1) is 10.1 Å². The molecule has 0 radical (unpaired) electrons. The molecule has 2 aliphatic rings. The van der Waals surface area contributed by atoms with Gasteiger partial charge in [-0.05, 0) is 41.0 Å². The fraction of sp³-hybridized carbons (Fsp3) is 0.227. The average molecular weight is 439 g/mol. The van der Waals surface area contributed by atoms with Crippen molar-refractivity contribution < 1.29 is 9.72 Å². The van der Waals surface area contributed by atoms with Crippen molar-refractivity contribution in [2.45, 2.75) is 24.9 Å². The fourth-order valence-electron chi connectivity index (χ4n) is 3.75. The van der Waals surface area contributed by atoms with Crippen LogP contribution >= 0.6 is 15.9 Å². The highest BCUT2D eigenvalue weighted by Gasteiger charge is 2.39. The molecule has 6 heteroatoms. The van der Waals surface area contributed by atoms with Crippen LogP contribution in [-0.4, -0.2) is 27.8 Å². The highest BCUT2D eigenvalue weighted by Crippen LogP contribution is 2.39. The molecule has 0 bridgehead atoms. The zero-order valence-corrected chi connectivity index (χ0v) is 16.9. The van der Waals surface area contributed by atoms with E-state index in [1.165, 1.54) is 0 Å². The van der Waals surface area contributed by atoms with Crippen LogP contribution in [-0.2, 0) is 0 Å². The quantitative estimate of drug-likeness (QED) is 0.502. The van der Waals surface area contributed by atoms with E-state index < -0.39 is 5.54 Å². The summed E-state index contributed by atoms with van der Waals surface area (Å²) in [6, 6.07) is 15.5. The van der Waals surface area contributed by atoms with Crippen molar-refractivity contribution in [3.8, 4) is 0 Å². The lowest BCUT2D eigenvalue weighted by Gasteiger charge is -2.28. The Balaban J connectivity index is 1.67. The van der Waals surface area contributed by atoms with E-state index in [-0.39, 0.29) is 16.9 Å². The number of fused-ring (bicyclic) bond motifs is 1. The van der Waals surface area contributed by atoms with Crippen LogP contribution in [0.5, 0.6) is 0 Å². The van der Waals surface area contributed by atoms with Crippen LogP contribution in [0.4, 0.5) is 0 Å². The zero-order chi connectivity index (χ0) is 19.9. The van der Waals surface area contributed by atoms with Crippen molar-refractivity contribution >= 4 is 21.8 Å². The second-order valence-electron chi connectivity index (χ2n) is 7.41. The molecule has 0 N–H and O–H groups in total. The smallest absolute Gasteiger partial charge is 0.255 e. The summed E-state index contributed by atoms with van der Waals surface area (Å²) >= 11 is 3.46. The van der Waals surface area contributed by atoms with Crippen molar-refractivity contribution in [2.75, 3.05) is 6.54 Å². The number of hydrogen-bond acceptors (Lipinski definition) is 3. The lowest BCUT2D eigenvalue weighted by molar-refractivity contribution is -0.549. The van der Waals surface area contributed by atoms with Crippen LogP contribution in [0.1, 0.15) is 40.9 Å². The van der Waals surface area contributed by atoms with Gasteiger partial charge in [-0.15, -0.1) is 0 Å². The Morgan fingerprint density at radius 3 is 2.57 bits per heavy atom. The van der Waals surface area contributed by atoms with Gasteiger partial charge in [0, 0.05) is 34.8 Å². The molecule has 0 aromatic heterocycles. The molecule has 2 atom stereocenters. The molecule has 28 heavy (non-hydrogen) atoms. The van der Waals surface area contributed by atoms with E-state index >= 15 is 0 Å². The maximum atomic E-state index is 13.1. The molecule has 2 aromatic rings. The number of benzene rings is 2. The molecule has 0 saturated carbocycles. The van der Waals surface area contributed by atoms with Gasteiger partial charge in [-0.3, -0.25) is 14.9 Å². The Kier molecular flexibility index (Phi) is 4.67. The first kappa shape index (κ1) is 18.6. The molecule has 5 nitrogen and oxygen atoms in total. The molecule has 1 heterocycles. The summed E-state index contributed by atoms with van der Waals surface area (Å²) in [7, 11) is 0. The number of carbonyl (C=O) groups excluding carboxylic acids is 1. The summed E-state index contributed by atoms with van der Waals surface area (Å²) in [5, 5.41) is 11.2. The fourth-order valence-corrected chi connectivity index (χ4v) is 4.01. The van der Waals surface area contributed by atoms with Gasteiger partial charge in [0.1, 0.15) is 0 Å². The number of nitrogens with zero attached hydrogens (tertiary/aromatic N) is 2. The van der Waals surface area contributed by atoms with Gasteiger partial charge in [0.25, 0.3) is 5.91 Å². The molecule has 142 valence electrons. The number of amides is 1. The van der Waals surface area contributed by atoms with Crippen LogP contribution in [0.25, 0.3) is 0 Å². The number of carbonyl (C=O) groups is 1. The van der Waals surface area contributed by atoms with E-state index in [9.17, 15) is 14.9 Å². The maximum absolute atomic E-state index is 13.1. The van der Waals surface area contributed by atoms with Gasteiger partial charge in [0.15, 0.2) is 0 Å².